The number of hydrogen-bond acceptors (Lipinski definition) is 3. The van der Waals surface area contributed by atoms with Crippen LogP contribution in [0, 0.1) is 6.92 Å². The smallest absolute Gasteiger partial charge is 0.124 e. The fourth-order valence-electron chi connectivity index (χ4n) is 2.05. The van der Waals surface area contributed by atoms with Gasteiger partial charge in [-0.3, -0.25) is 0 Å². The summed E-state index contributed by atoms with van der Waals surface area (Å²) >= 11 is 7.83. The predicted molar refractivity (Wildman–Crippen MR) is 78.0 cm³/mol. The Kier molecular flexibility index (Phi) is 4.27. The average Bonchev–Trinajstić information content (AvgIpc) is 2.77. The van der Waals surface area contributed by atoms with Gasteiger partial charge < -0.3 is 10.1 Å². The fraction of sp³-hybridized carbons (Fsp3) is 0.286. The molecule has 0 radical (unpaired) electrons. The molecule has 1 atom stereocenters. The van der Waals surface area contributed by atoms with Crippen LogP contribution >= 0.6 is 22.9 Å². The van der Waals surface area contributed by atoms with Gasteiger partial charge in [0.2, 0.25) is 0 Å². The van der Waals surface area contributed by atoms with Crippen molar-refractivity contribution < 1.29 is 4.74 Å². The van der Waals surface area contributed by atoms with Crippen LogP contribution in [0.5, 0.6) is 5.75 Å². The summed E-state index contributed by atoms with van der Waals surface area (Å²) in [5.74, 6) is 0.850. The zero-order valence-corrected chi connectivity index (χ0v) is 12.2. The minimum Gasteiger partial charge on any atom is -0.496 e. The van der Waals surface area contributed by atoms with Crippen molar-refractivity contribution in [2.24, 2.45) is 0 Å². The Morgan fingerprint density at radius 2 is 2.11 bits per heavy atom. The molecule has 4 heteroatoms. The Bertz CT molecular complexity index is 538. The summed E-state index contributed by atoms with van der Waals surface area (Å²) in [4.78, 5) is 1.30. The van der Waals surface area contributed by atoms with E-state index in [0.29, 0.717) is 0 Å². The molecule has 1 aromatic heterocycles. The van der Waals surface area contributed by atoms with Crippen LogP contribution in [0.2, 0.25) is 5.02 Å². The Morgan fingerprint density at radius 1 is 1.33 bits per heavy atom. The quantitative estimate of drug-likeness (QED) is 0.914. The second kappa shape index (κ2) is 5.74. The van der Waals surface area contributed by atoms with Gasteiger partial charge in [-0.2, -0.15) is 0 Å². The summed E-state index contributed by atoms with van der Waals surface area (Å²) in [5, 5.41) is 6.20. The number of rotatable bonds is 4. The molecule has 0 amide bonds. The molecule has 1 aromatic carbocycles. The summed E-state index contributed by atoms with van der Waals surface area (Å²) in [6, 6.07) is 7.99. The van der Waals surface area contributed by atoms with Gasteiger partial charge in [-0.15, -0.1) is 11.3 Å². The lowest BCUT2D eigenvalue weighted by molar-refractivity contribution is 0.405. The fourth-order valence-corrected chi connectivity index (χ4v) is 2.96. The van der Waals surface area contributed by atoms with E-state index in [-0.39, 0.29) is 6.04 Å². The Morgan fingerprint density at radius 3 is 2.67 bits per heavy atom. The van der Waals surface area contributed by atoms with Crippen LogP contribution in [0.4, 0.5) is 0 Å². The Labute approximate surface area is 117 Å². The van der Waals surface area contributed by atoms with Gasteiger partial charge in [0.25, 0.3) is 0 Å². The molecule has 0 bridgehead atoms. The molecule has 0 spiro atoms. The molecule has 96 valence electrons. The zero-order valence-electron chi connectivity index (χ0n) is 10.7. The van der Waals surface area contributed by atoms with Crippen molar-refractivity contribution >= 4 is 22.9 Å². The van der Waals surface area contributed by atoms with E-state index in [4.69, 9.17) is 16.3 Å². The van der Waals surface area contributed by atoms with E-state index in [1.54, 1.807) is 18.4 Å². The Balaban J connectivity index is 2.47. The highest BCUT2D eigenvalue weighted by Gasteiger charge is 2.17. The van der Waals surface area contributed by atoms with Crippen molar-refractivity contribution in [2.75, 3.05) is 14.2 Å². The summed E-state index contributed by atoms with van der Waals surface area (Å²) in [6.45, 7) is 2.11. The first-order valence-electron chi connectivity index (χ1n) is 5.71. The second-order valence-electron chi connectivity index (χ2n) is 4.10. The lowest BCUT2D eigenvalue weighted by Gasteiger charge is -2.19. The van der Waals surface area contributed by atoms with E-state index >= 15 is 0 Å². The third kappa shape index (κ3) is 2.69. The summed E-state index contributed by atoms with van der Waals surface area (Å²) in [6.07, 6.45) is 0. The largest absolute Gasteiger partial charge is 0.496 e. The minimum atomic E-state index is 0.101. The van der Waals surface area contributed by atoms with E-state index in [9.17, 15) is 0 Å². The van der Waals surface area contributed by atoms with E-state index in [1.165, 1.54) is 10.4 Å². The predicted octanol–water partition coefficient (Wildman–Crippen LogP) is 4.03. The van der Waals surface area contributed by atoms with Crippen molar-refractivity contribution in [3.05, 3.63) is 50.7 Å². The van der Waals surface area contributed by atoms with Gasteiger partial charge in [0.05, 0.1) is 13.2 Å². The number of ether oxygens (including phenoxy) is 1. The summed E-state index contributed by atoms with van der Waals surface area (Å²) in [5.41, 5.74) is 2.30. The monoisotopic (exact) mass is 281 g/mol. The van der Waals surface area contributed by atoms with E-state index in [2.05, 4.69) is 23.7 Å². The van der Waals surface area contributed by atoms with Gasteiger partial charge in [-0.05, 0) is 49.2 Å². The molecule has 0 aliphatic heterocycles. The van der Waals surface area contributed by atoms with Crippen molar-refractivity contribution in [3.8, 4) is 5.75 Å². The lowest BCUT2D eigenvalue weighted by atomic mass is 10.00. The van der Waals surface area contributed by atoms with Crippen LogP contribution in [0.1, 0.15) is 22.0 Å². The number of benzene rings is 1. The second-order valence-corrected chi connectivity index (χ2v) is 5.65. The SMILES string of the molecule is CNC(c1csc(C)c1)c1cc(Cl)ccc1OC. The first-order chi connectivity index (χ1) is 8.65. The number of nitrogens with one attached hydrogen (secondary N) is 1. The molecular weight excluding hydrogens is 266 g/mol. The number of aryl methyl sites for hydroxylation is 1. The number of hydrogen-bond donors (Lipinski definition) is 1. The zero-order chi connectivity index (χ0) is 13.1. The number of thiophene rings is 1. The van der Waals surface area contributed by atoms with Crippen molar-refractivity contribution in [1.82, 2.24) is 5.32 Å². The molecular formula is C14H16ClNOS. The molecule has 0 saturated carbocycles. The van der Waals surface area contributed by atoms with Crippen molar-refractivity contribution in [2.45, 2.75) is 13.0 Å². The molecule has 2 rings (SSSR count). The minimum absolute atomic E-state index is 0.101. The van der Waals surface area contributed by atoms with E-state index in [0.717, 1.165) is 16.3 Å². The highest BCUT2D eigenvalue weighted by molar-refractivity contribution is 7.10. The van der Waals surface area contributed by atoms with E-state index < -0.39 is 0 Å². The Hall–Kier alpha value is -1.03. The van der Waals surface area contributed by atoms with Crippen molar-refractivity contribution in [3.63, 3.8) is 0 Å². The standard InChI is InChI=1S/C14H16ClNOS/c1-9-6-10(8-18-9)14(16-2)12-7-11(15)4-5-13(12)17-3/h4-8,14,16H,1-3H3. The summed E-state index contributed by atoms with van der Waals surface area (Å²) < 4.78 is 5.42. The first-order valence-corrected chi connectivity index (χ1v) is 6.97. The van der Waals surface area contributed by atoms with Gasteiger partial charge in [0, 0.05) is 15.5 Å². The molecule has 18 heavy (non-hydrogen) atoms. The number of methoxy groups -OCH3 is 1. The molecule has 0 saturated heterocycles. The highest BCUT2D eigenvalue weighted by Crippen LogP contribution is 2.33. The maximum Gasteiger partial charge on any atom is 0.124 e. The van der Waals surface area contributed by atoms with Gasteiger partial charge in [0.1, 0.15) is 5.75 Å². The maximum absolute atomic E-state index is 6.09. The van der Waals surface area contributed by atoms with Gasteiger partial charge in [-0.25, -0.2) is 0 Å². The molecule has 1 unspecified atom stereocenters. The lowest BCUT2D eigenvalue weighted by Crippen LogP contribution is -2.17. The average molecular weight is 282 g/mol. The molecule has 0 aliphatic carbocycles. The molecule has 2 aromatic rings. The van der Waals surface area contributed by atoms with E-state index in [1.807, 2.05) is 25.2 Å². The molecule has 1 heterocycles. The molecule has 1 N–H and O–H groups in total. The van der Waals surface area contributed by atoms with Crippen LogP contribution in [0.15, 0.2) is 29.6 Å². The summed E-state index contributed by atoms with van der Waals surface area (Å²) in [7, 11) is 3.62. The molecule has 2 nitrogen and oxygen atoms in total. The maximum atomic E-state index is 6.09. The van der Waals surface area contributed by atoms with Crippen molar-refractivity contribution in [1.29, 1.82) is 0 Å². The van der Waals surface area contributed by atoms with Crippen LogP contribution in [-0.4, -0.2) is 14.2 Å². The number of halogens is 1. The van der Waals surface area contributed by atoms with Gasteiger partial charge in [-0.1, -0.05) is 11.6 Å². The molecule has 0 aliphatic rings. The van der Waals surface area contributed by atoms with Crippen LogP contribution in [-0.2, 0) is 0 Å². The highest BCUT2D eigenvalue weighted by atomic mass is 35.5. The van der Waals surface area contributed by atoms with Crippen LogP contribution in [0.3, 0.4) is 0 Å². The topological polar surface area (TPSA) is 21.3 Å². The third-order valence-electron chi connectivity index (χ3n) is 2.88. The van der Waals surface area contributed by atoms with Gasteiger partial charge in [0.15, 0.2) is 0 Å². The van der Waals surface area contributed by atoms with Crippen LogP contribution in [0.25, 0.3) is 0 Å². The van der Waals surface area contributed by atoms with Crippen LogP contribution < -0.4 is 10.1 Å². The van der Waals surface area contributed by atoms with Gasteiger partial charge >= 0.3 is 0 Å². The third-order valence-corrected chi connectivity index (χ3v) is 3.99. The normalized spacial score (nSPS) is 12.4. The molecule has 0 fully saturated rings. The first kappa shape index (κ1) is 13.4.